The first-order valence-corrected chi connectivity index (χ1v) is 22.1. The number of benzene rings is 4. The molecule has 228 valence electrons. The first-order chi connectivity index (χ1) is 19.9. The van der Waals surface area contributed by atoms with Gasteiger partial charge in [-0.2, -0.15) is 0 Å². The third-order valence-corrected chi connectivity index (χ3v) is 12.5. The summed E-state index contributed by atoms with van der Waals surface area (Å²) in [5.74, 6) is 0. The first kappa shape index (κ1) is 35.7. The van der Waals surface area contributed by atoms with Gasteiger partial charge in [-0.05, 0) is 46.5 Å². The molecule has 7 heteroatoms. The summed E-state index contributed by atoms with van der Waals surface area (Å²) in [5, 5.41) is 2.67. The van der Waals surface area contributed by atoms with E-state index in [1.54, 1.807) is 0 Å². The third-order valence-electron chi connectivity index (χ3n) is 8.86. The Hall–Kier alpha value is -2.14. The van der Waals surface area contributed by atoms with Crippen LogP contribution in [0.15, 0.2) is 72.8 Å². The van der Waals surface area contributed by atoms with Crippen LogP contribution in [-0.4, -0.2) is 24.9 Å². The zero-order valence-electron chi connectivity index (χ0n) is 27.5. The Kier molecular flexibility index (Phi) is 10.2. The summed E-state index contributed by atoms with van der Waals surface area (Å²) in [7, 11) is -2.98. The van der Waals surface area contributed by atoms with E-state index >= 15 is 0 Å². The van der Waals surface area contributed by atoms with E-state index in [4.69, 9.17) is 0 Å². The molecule has 2 aliphatic carbocycles. The van der Waals surface area contributed by atoms with Gasteiger partial charge in [0.25, 0.3) is 0 Å². The summed E-state index contributed by atoms with van der Waals surface area (Å²) in [6.45, 7) is 18.8. The maximum atomic E-state index is 3.62. The second-order valence-electron chi connectivity index (χ2n) is 14.1. The molecule has 6 aromatic rings. The molecule has 0 fully saturated rings. The fourth-order valence-electron chi connectivity index (χ4n) is 7.26. The van der Waals surface area contributed by atoms with Gasteiger partial charge >= 0.3 is 26.2 Å². The van der Waals surface area contributed by atoms with Crippen molar-refractivity contribution in [2.45, 2.75) is 66.0 Å². The number of aryl methyl sites for hydroxylation is 2. The molecule has 0 amide bonds. The maximum Gasteiger partial charge on any atom is 4.00 e. The van der Waals surface area contributed by atoms with Gasteiger partial charge in [-0.15, -0.1) is 58.3 Å². The van der Waals surface area contributed by atoms with E-state index in [9.17, 15) is 0 Å². The molecule has 0 N–H and O–H groups in total. The first-order valence-electron chi connectivity index (χ1n) is 15.2. The second kappa shape index (κ2) is 12.8. The minimum atomic E-state index is -1.49. The van der Waals surface area contributed by atoms with Crippen LogP contribution in [0, 0.1) is 26.0 Å². The third kappa shape index (κ3) is 5.93. The van der Waals surface area contributed by atoms with Crippen molar-refractivity contribution in [3.05, 3.63) is 118 Å². The SMILES string of the molecule is Cc1[c-]c2c3c(n([Si](C)(C)C)c2cc1)-c1ccccc1C3.Cc1[c-]c2c3c(n([Si](C)(C)C)c2cc1)-c1ccccc1C3.[Cl-].[Cl-].[Zr+4]. The fraction of sp³-hybridized carbons (Fsp3) is 0.263. The molecule has 0 saturated heterocycles. The number of rotatable bonds is 2. The van der Waals surface area contributed by atoms with Crippen LogP contribution in [0.2, 0.25) is 39.3 Å². The monoisotopic (exact) mass is 740 g/mol. The van der Waals surface area contributed by atoms with Crippen LogP contribution in [0.1, 0.15) is 33.4 Å². The zero-order chi connectivity index (χ0) is 29.6. The van der Waals surface area contributed by atoms with Crippen LogP contribution in [0.5, 0.6) is 0 Å². The molecule has 8 rings (SSSR count). The summed E-state index contributed by atoms with van der Waals surface area (Å²) in [6.07, 6.45) is 2.11. The Morgan fingerprint density at radius 1 is 0.533 bits per heavy atom. The summed E-state index contributed by atoms with van der Waals surface area (Å²) >= 11 is 0. The molecule has 0 saturated carbocycles. The van der Waals surface area contributed by atoms with Crippen molar-refractivity contribution in [3.63, 3.8) is 0 Å². The number of hydrogen-bond acceptors (Lipinski definition) is 0. The summed E-state index contributed by atoms with van der Waals surface area (Å²) < 4.78 is 5.28. The molecule has 2 nitrogen and oxygen atoms in total. The molecule has 2 aromatic heterocycles. The van der Waals surface area contributed by atoms with Crippen molar-refractivity contribution in [2.24, 2.45) is 0 Å². The predicted molar refractivity (Wildman–Crippen MR) is 185 cm³/mol. The quantitative estimate of drug-likeness (QED) is 0.187. The smallest absolute Gasteiger partial charge is 1.00 e. The van der Waals surface area contributed by atoms with E-state index in [2.05, 4.69) is 147 Å². The van der Waals surface area contributed by atoms with Gasteiger partial charge in [0.05, 0.1) is 0 Å². The van der Waals surface area contributed by atoms with Gasteiger partial charge in [0.2, 0.25) is 0 Å². The van der Waals surface area contributed by atoms with E-state index in [1.165, 1.54) is 77.7 Å². The van der Waals surface area contributed by atoms with Gasteiger partial charge in [0.1, 0.15) is 16.5 Å². The Morgan fingerprint density at radius 2 is 0.889 bits per heavy atom. The molecule has 0 radical (unpaired) electrons. The van der Waals surface area contributed by atoms with Crippen molar-refractivity contribution in [2.75, 3.05) is 0 Å². The molecule has 4 aromatic carbocycles. The average molecular weight is 743 g/mol. The molecule has 0 spiro atoms. The fourth-order valence-corrected chi connectivity index (χ4v) is 10.9. The van der Waals surface area contributed by atoms with Crippen LogP contribution in [-0.2, 0) is 39.0 Å². The van der Waals surface area contributed by atoms with Crippen molar-refractivity contribution in [1.29, 1.82) is 0 Å². The maximum absolute atomic E-state index is 3.62. The predicted octanol–water partition coefficient (Wildman–Crippen LogP) is 4.01. The Morgan fingerprint density at radius 3 is 1.24 bits per heavy atom. The van der Waals surface area contributed by atoms with Gasteiger partial charge in [-0.25, -0.2) is 0 Å². The van der Waals surface area contributed by atoms with Crippen LogP contribution >= 0.6 is 0 Å². The van der Waals surface area contributed by atoms with Crippen molar-refractivity contribution in [3.8, 4) is 22.5 Å². The van der Waals surface area contributed by atoms with E-state index < -0.39 is 16.5 Å². The molecule has 2 heterocycles. The number of fused-ring (bicyclic) bond motifs is 10. The number of nitrogens with zero attached hydrogens (tertiary/aromatic N) is 2. The van der Waals surface area contributed by atoms with Gasteiger partial charge in [0, 0.05) is 0 Å². The normalized spacial score (nSPS) is 12.6. The van der Waals surface area contributed by atoms with E-state index in [0.29, 0.717) is 0 Å². The van der Waals surface area contributed by atoms with Crippen LogP contribution in [0.4, 0.5) is 0 Å². The largest absolute Gasteiger partial charge is 4.00 e. The Labute approximate surface area is 302 Å². The number of hydrogen-bond donors (Lipinski definition) is 0. The van der Waals surface area contributed by atoms with Crippen molar-refractivity contribution >= 4 is 38.3 Å². The molecule has 2 aliphatic rings. The van der Waals surface area contributed by atoms with E-state index in [-0.39, 0.29) is 51.0 Å². The molecular weight excluding hydrogens is 703 g/mol. The Bertz CT molecular complexity index is 1900. The topological polar surface area (TPSA) is 9.86 Å². The molecule has 0 unspecified atom stereocenters. The molecular formula is C38H40Cl2N2Si2Zr. The van der Waals surface area contributed by atoms with Crippen molar-refractivity contribution < 1.29 is 51.0 Å². The molecule has 0 aliphatic heterocycles. The average Bonchev–Trinajstić information content (AvgIpc) is 3.65. The van der Waals surface area contributed by atoms with E-state index in [1.807, 2.05) is 0 Å². The molecule has 0 atom stereocenters. The second-order valence-corrected chi connectivity index (χ2v) is 23.7. The minimum absolute atomic E-state index is 0. The van der Waals surface area contributed by atoms with Crippen LogP contribution in [0.3, 0.4) is 0 Å². The zero-order valence-corrected chi connectivity index (χ0v) is 33.5. The summed E-state index contributed by atoms with van der Waals surface area (Å²) in [4.78, 5) is 0. The van der Waals surface area contributed by atoms with Gasteiger partial charge in [-0.3, -0.25) is 0 Å². The van der Waals surface area contributed by atoms with Gasteiger partial charge in [0.15, 0.2) is 0 Å². The summed E-state index contributed by atoms with van der Waals surface area (Å²) in [6, 6.07) is 33.9. The molecule has 45 heavy (non-hydrogen) atoms. The molecule has 0 bridgehead atoms. The van der Waals surface area contributed by atoms with Crippen LogP contribution in [0.25, 0.3) is 44.3 Å². The van der Waals surface area contributed by atoms with Crippen molar-refractivity contribution in [1.82, 2.24) is 8.47 Å². The summed E-state index contributed by atoms with van der Waals surface area (Å²) in [5.41, 5.74) is 16.9. The standard InChI is InChI=1S/2C19H20NSi.2ClH.Zr/c2*1-13-9-10-18-16(11-13)17-12-14-7-5-6-8-15(14)19(17)20(18)21(2,3)4;;;/h2*5-10H,12H2,1-4H3;2*1H;/q2*-1;;;+4/p-2. The van der Waals surface area contributed by atoms with Crippen LogP contribution < -0.4 is 24.8 Å². The minimum Gasteiger partial charge on any atom is -1.00 e. The van der Waals surface area contributed by atoms with Gasteiger partial charge < -0.3 is 33.3 Å². The number of halogens is 2. The number of aromatic nitrogens is 2. The van der Waals surface area contributed by atoms with E-state index in [0.717, 1.165) is 12.8 Å². The Balaban J connectivity index is 0.000000192. The van der Waals surface area contributed by atoms with Gasteiger partial charge in [-0.1, -0.05) is 124 Å².